The fourth-order valence-electron chi connectivity index (χ4n) is 1.48. The minimum atomic E-state index is -1.18. The summed E-state index contributed by atoms with van der Waals surface area (Å²) in [5.74, 6) is -1.16. The average Bonchev–Trinajstić information content (AvgIpc) is 2.24. The SMILES string of the molecule is Cc1ccncc1C(NC(=O)OC(C)(C)C)C(=O)O. The number of nitrogens with zero attached hydrogens (tertiary/aromatic N) is 1. The predicted molar refractivity (Wildman–Crippen MR) is 68.7 cm³/mol. The van der Waals surface area contributed by atoms with Crippen molar-refractivity contribution in [1.82, 2.24) is 10.3 Å². The summed E-state index contributed by atoms with van der Waals surface area (Å²) in [6, 6.07) is 0.505. The van der Waals surface area contributed by atoms with Crippen LogP contribution in [-0.2, 0) is 9.53 Å². The zero-order chi connectivity index (χ0) is 14.6. The lowest BCUT2D eigenvalue weighted by Gasteiger charge is -2.22. The van der Waals surface area contributed by atoms with Gasteiger partial charge in [-0.25, -0.2) is 9.59 Å². The molecule has 0 aliphatic heterocycles. The molecular weight excluding hydrogens is 248 g/mol. The highest BCUT2D eigenvalue weighted by molar-refractivity contribution is 5.81. The molecule has 0 fully saturated rings. The number of pyridine rings is 1. The Morgan fingerprint density at radius 2 is 2.05 bits per heavy atom. The summed E-state index contributed by atoms with van der Waals surface area (Å²) in [5, 5.41) is 11.5. The van der Waals surface area contributed by atoms with E-state index in [9.17, 15) is 14.7 Å². The number of hydrogen-bond donors (Lipinski definition) is 2. The van der Waals surface area contributed by atoms with E-state index in [1.807, 2.05) is 0 Å². The van der Waals surface area contributed by atoms with Gasteiger partial charge in [-0.3, -0.25) is 4.98 Å². The number of carboxylic acids is 1. The molecule has 0 aliphatic rings. The van der Waals surface area contributed by atoms with Crippen molar-refractivity contribution in [3.8, 4) is 0 Å². The highest BCUT2D eigenvalue weighted by Crippen LogP contribution is 2.17. The Balaban J connectivity index is 2.89. The Morgan fingerprint density at radius 1 is 1.42 bits per heavy atom. The van der Waals surface area contributed by atoms with Crippen LogP contribution in [0.1, 0.15) is 37.9 Å². The number of carboxylic acid groups (broad SMARTS) is 1. The minimum Gasteiger partial charge on any atom is -0.479 e. The van der Waals surface area contributed by atoms with Crippen molar-refractivity contribution in [2.24, 2.45) is 0 Å². The monoisotopic (exact) mass is 266 g/mol. The van der Waals surface area contributed by atoms with Crippen LogP contribution < -0.4 is 5.32 Å². The second kappa shape index (κ2) is 5.69. The third-order valence-corrected chi connectivity index (χ3v) is 2.30. The molecule has 1 atom stereocenters. The number of aromatic nitrogens is 1. The second-order valence-corrected chi connectivity index (χ2v) is 5.15. The van der Waals surface area contributed by atoms with Crippen molar-refractivity contribution in [1.29, 1.82) is 0 Å². The summed E-state index contributed by atoms with van der Waals surface area (Å²) in [5.41, 5.74) is 0.483. The standard InChI is InChI=1S/C13H18N2O4/c1-8-5-6-14-7-9(8)10(11(16)17)15-12(18)19-13(2,3)4/h5-7,10H,1-4H3,(H,15,18)(H,16,17). The third kappa shape index (κ3) is 4.57. The number of alkyl carbamates (subject to hydrolysis) is 1. The largest absolute Gasteiger partial charge is 0.479 e. The summed E-state index contributed by atoms with van der Waals surface area (Å²) in [6.45, 7) is 6.87. The summed E-state index contributed by atoms with van der Waals surface area (Å²) < 4.78 is 5.05. The maximum atomic E-state index is 11.6. The van der Waals surface area contributed by atoms with Crippen LogP contribution in [0.3, 0.4) is 0 Å². The van der Waals surface area contributed by atoms with Crippen LogP contribution in [0.5, 0.6) is 0 Å². The fourth-order valence-corrected chi connectivity index (χ4v) is 1.48. The Bertz CT molecular complexity index is 480. The maximum absolute atomic E-state index is 11.6. The summed E-state index contributed by atoms with van der Waals surface area (Å²) in [4.78, 5) is 26.8. The molecular formula is C13H18N2O4. The van der Waals surface area contributed by atoms with Gasteiger partial charge in [-0.2, -0.15) is 0 Å². The first-order chi connectivity index (χ1) is 8.70. The summed E-state index contributed by atoms with van der Waals surface area (Å²) in [6.07, 6.45) is 2.21. The molecule has 0 spiro atoms. The smallest absolute Gasteiger partial charge is 0.408 e. The molecule has 0 radical (unpaired) electrons. The topological polar surface area (TPSA) is 88.5 Å². The lowest BCUT2D eigenvalue weighted by Crippen LogP contribution is -2.38. The number of aryl methyl sites for hydroxylation is 1. The molecule has 0 aromatic carbocycles. The van der Waals surface area contributed by atoms with Gasteiger partial charge in [0.1, 0.15) is 5.60 Å². The van der Waals surface area contributed by atoms with Crippen LogP contribution in [0.2, 0.25) is 0 Å². The summed E-state index contributed by atoms with van der Waals surface area (Å²) in [7, 11) is 0. The van der Waals surface area contributed by atoms with E-state index in [2.05, 4.69) is 10.3 Å². The number of amides is 1. The van der Waals surface area contributed by atoms with Gasteiger partial charge in [-0.1, -0.05) is 0 Å². The zero-order valence-corrected chi connectivity index (χ0v) is 11.4. The molecule has 1 heterocycles. The number of carbonyl (C=O) groups is 2. The molecule has 0 saturated heterocycles. The molecule has 1 aromatic heterocycles. The van der Waals surface area contributed by atoms with Gasteiger partial charge in [0.05, 0.1) is 0 Å². The van der Waals surface area contributed by atoms with E-state index < -0.39 is 23.7 Å². The Morgan fingerprint density at radius 3 is 2.53 bits per heavy atom. The molecule has 1 unspecified atom stereocenters. The van der Waals surface area contributed by atoms with Crippen LogP contribution >= 0.6 is 0 Å². The lowest BCUT2D eigenvalue weighted by molar-refractivity contribution is -0.139. The molecule has 6 heteroatoms. The van der Waals surface area contributed by atoms with Gasteiger partial charge in [0.2, 0.25) is 0 Å². The molecule has 1 amide bonds. The van der Waals surface area contributed by atoms with Gasteiger partial charge in [-0.15, -0.1) is 0 Å². The van der Waals surface area contributed by atoms with Crippen molar-refractivity contribution in [3.05, 3.63) is 29.6 Å². The van der Waals surface area contributed by atoms with Gasteiger partial charge in [0.25, 0.3) is 0 Å². The van der Waals surface area contributed by atoms with Gasteiger partial charge in [0, 0.05) is 18.0 Å². The van der Waals surface area contributed by atoms with Gasteiger partial charge < -0.3 is 15.2 Å². The Kier molecular flexibility index (Phi) is 4.47. The summed E-state index contributed by atoms with van der Waals surface area (Å²) >= 11 is 0. The second-order valence-electron chi connectivity index (χ2n) is 5.15. The molecule has 6 nitrogen and oxygen atoms in total. The van der Waals surface area contributed by atoms with Crippen molar-refractivity contribution < 1.29 is 19.4 Å². The molecule has 2 N–H and O–H groups in total. The first-order valence-corrected chi connectivity index (χ1v) is 5.83. The molecule has 19 heavy (non-hydrogen) atoms. The number of ether oxygens (including phenoxy) is 1. The van der Waals surface area contributed by atoms with Crippen LogP contribution in [0.15, 0.2) is 18.5 Å². The van der Waals surface area contributed by atoms with Gasteiger partial charge in [-0.05, 0) is 39.3 Å². The minimum absolute atomic E-state index is 0.431. The van der Waals surface area contributed by atoms with Crippen LogP contribution in [-0.4, -0.2) is 27.8 Å². The molecule has 0 saturated carbocycles. The fraction of sp³-hybridized carbons (Fsp3) is 0.462. The first-order valence-electron chi connectivity index (χ1n) is 5.83. The van der Waals surface area contributed by atoms with Crippen molar-refractivity contribution >= 4 is 12.1 Å². The third-order valence-electron chi connectivity index (χ3n) is 2.30. The van der Waals surface area contributed by atoms with Crippen LogP contribution in [0.4, 0.5) is 4.79 Å². The van der Waals surface area contributed by atoms with E-state index >= 15 is 0 Å². The van der Waals surface area contributed by atoms with E-state index in [1.54, 1.807) is 40.0 Å². The normalized spacial score (nSPS) is 12.6. The maximum Gasteiger partial charge on any atom is 0.408 e. The van der Waals surface area contributed by atoms with E-state index in [0.29, 0.717) is 5.56 Å². The number of nitrogens with one attached hydrogen (secondary N) is 1. The van der Waals surface area contributed by atoms with Crippen LogP contribution in [0.25, 0.3) is 0 Å². The predicted octanol–water partition coefficient (Wildman–Crippen LogP) is 2.04. The van der Waals surface area contributed by atoms with Gasteiger partial charge >= 0.3 is 12.1 Å². The average molecular weight is 266 g/mol. The molecule has 104 valence electrons. The number of rotatable bonds is 3. The van der Waals surface area contributed by atoms with Crippen molar-refractivity contribution in [2.45, 2.75) is 39.3 Å². The lowest BCUT2D eigenvalue weighted by atomic mass is 10.0. The van der Waals surface area contributed by atoms with Crippen molar-refractivity contribution in [2.75, 3.05) is 0 Å². The van der Waals surface area contributed by atoms with Crippen molar-refractivity contribution in [3.63, 3.8) is 0 Å². The van der Waals surface area contributed by atoms with E-state index in [4.69, 9.17) is 4.74 Å². The highest BCUT2D eigenvalue weighted by Gasteiger charge is 2.26. The van der Waals surface area contributed by atoms with E-state index in [-0.39, 0.29) is 0 Å². The molecule has 0 bridgehead atoms. The Hall–Kier alpha value is -2.11. The van der Waals surface area contributed by atoms with E-state index in [0.717, 1.165) is 5.56 Å². The first kappa shape index (κ1) is 14.9. The molecule has 1 aromatic rings. The Labute approximate surface area is 111 Å². The quantitative estimate of drug-likeness (QED) is 0.874. The number of hydrogen-bond acceptors (Lipinski definition) is 4. The number of carbonyl (C=O) groups excluding carboxylic acids is 1. The highest BCUT2D eigenvalue weighted by atomic mass is 16.6. The van der Waals surface area contributed by atoms with E-state index in [1.165, 1.54) is 6.20 Å². The van der Waals surface area contributed by atoms with Gasteiger partial charge in [0.15, 0.2) is 6.04 Å². The molecule has 0 aliphatic carbocycles. The number of aliphatic carboxylic acids is 1. The zero-order valence-electron chi connectivity index (χ0n) is 11.4. The molecule has 1 rings (SSSR count). The van der Waals surface area contributed by atoms with Crippen LogP contribution in [0, 0.1) is 6.92 Å².